The lowest BCUT2D eigenvalue weighted by Gasteiger charge is -2.47. The van der Waals surface area contributed by atoms with Crippen LogP contribution < -0.4 is 15.5 Å². The maximum Gasteiger partial charge on any atom is 0.257 e. The minimum atomic E-state index is -0.260. The summed E-state index contributed by atoms with van der Waals surface area (Å²) in [6.07, 6.45) is 0. The first kappa shape index (κ1) is 25.1. The number of hydrogen-bond acceptors (Lipinski definition) is 8. The van der Waals surface area contributed by atoms with Gasteiger partial charge in [0.15, 0.2) is 5.16 Å². The summed E-state index contributed by atoms with van der Waals surface area (Å²) in [7, 11) is 1.73. The van der Waals surface area contributed by atoms with Crippen molar-refractivity contribution in [1.29, 1.82) is 0 Å². The summed E-state index contributed by atoms with van der Waals surface area (Å²) in [6.45, 7) is 5.49. The van der Waals surface area contributed by atoms with Crippen LogP contribution in [0.25, 0.3) is 0 Å². The van der Waals surface area contributed by atoms with Gasteiger partial charge in [0.1, 0.15) is 17.5 Å². The summed E-state index contributed by atoms with van der Waals surface area (Å²) >= 11 is 7.58. The number of carbonyl (C=O) groups excluding carboxylic acids is 1. The van der Waals surface area contributed by atoms with E-state index >= 15 is 0 Å². The van der Waals surface area contributed by atoms with E-state index in [1.54, 1.807) is 31.4 Å². The molecule has 4 aromatic rings. The number of anilines is 4. The van der Waals surface area contributed by atoms with Crippen molar-refractivity contribution < 1.29 is 9.53 Å². The molecule has 1 amide bonds. The maximum atomic E-state index is 12.6. The maximum absolute atomic E-state index is 12.6. The normalized spacial score (nSPS) is 14.2. The van der Waals surface area contributed by atoms with E-state index in [-0.39, 0.29) is 11.5 Å². The van der Waals surface area contributed by atoms with Crippen LogP contribution in [-0.2, 0) is 4.74 Å². The van der Waals surface area contributed by atoms with E-state index < -0.39 is 0 Å². The number of nitrogens with one attached hydrogen (secondary N) is 3. The summed E-state index contributed by atoms with van der Waals surface area (Å²) < 4.78 is 5.60. The first-order valence-electron chi connectivity index (χ1n) is 11.6. The molecule has 2 aromatic heterocycles. The lowest BCUT2D eigenvalue weighted by atomic mass is 9.97. The highest BCUT2D eigenvalue weighted by Crippen LogP contribution is 2.34. The van der Waals surface area contributed by atoms with E-state index in [0.717, 1.165) is 35.3 Å². The van der Waals surface area contributed by atoms with E-state index in [0.29, 0.717) is 27.2 Å². The molecule has 0 bridgehead atoms. The van der Waals surface area contributed by atoms with Crippen LogP contribution in [0.4, 0.5) is 23.1 Å². The van der Waals surface area contributed by atoms with Crippen molar-refractivity contribution >= 4 is 52.4 Å². The zero-order chi connectivity index (χ0) is 26.0. The third kappa shape index (κ3) is 5.87. The Labute approximate surface area is 224 Å². The molecule has 3 N–H and O–H groups in total. The second-order valence-corrected chi connectivity index (χ2v) is 10.5. The quantitative estimate of drug-likeness (QED) is 0.253. The number of halogens is 1. The van der Waals surface area contributed by atoms with Crippen LogP contribution in [0.3, 0.4) is 0 Å². The average Bonchev–Trinajstić information content (AvgIpc) is 3.27. The SMILES string of the molecule is COC1(C)CN(c2cc(Nc3cc(C)n[nH]3)nc(Sc3ccc(NC(=O)c4ccccc4Cl)cc3)n2)C1. The van der Waals surface area contributed by atoms with Crippen molar-refractivity contribution in [3.8, 4) is 0 Å². The summed E-state index contributed by atoms with van der Waals surface area (Å²) in [5.41, 5.74) is 1.79. The number of rotatable bonds is 8. The molecule has 1 fully saturated rings. The van der Waals surface area contributed by atoms with Crippen molar-refractivity contribution in [3.63, 3.8) is 0 Å². The Bertz CT molecular complexity index is 1420. The second-order valence-electron chi connectivity index (χ2n) is 9.01. The Morgan fingerprint density at radius 2 is 1.89 bits per heavy atom. The van der Waals surface area contributed by atoms with Crippen LogP contribution in [0.15, 0.2) is 70.7 Å². The van der Waals surface area contributed by atoms with Gasteiger partial charge in [0, 0.05) is 42.9 Å². The van der Waals surface area contributed by atoms with Crippen molar-refractivity contribution in [2.24, 2.45) is 0 Å². The predicted molar refractivity (Wildman–Crippen MR) is 146 cm³/mol. The summed E-state index contributed by atoms with van der Waals surface area (Å²) in [4.78, 5) is 25.1. The van der Waals surface area contributed by atoms with Crippen LogP contribution in [0.2, 0.25) is 5.02 Å². The highest BCUT2D eigenvalue weighted by molar-refractivity contribution is 7.99. The van der Waals surface area contributed by atoms with Gasteiger partial charge in [0.25, 0.3) is 5.91 Å². The molecular formula is C26H26ClN7O2S. The van der Waals surface area contributed by atoms with Crippen molar-refractivity contribution in [3.05, 3.63) is 76.9 Å². The monoisotopic (exact) mass is 535 g/mol. The van der Waals surface area contributed by atoms with E-state index in [1.165, 1.54) is 11.8 Å². The van der Waals surface area contributed by atoms with Gasteiger partial charge in [-0.05, 0) is 62.0 Å². The number of benzene rings is 2. The van der Waals surface area contributed by atoms with Crippen molar-refractivity contribution in [2.75, 3.05) is 35.7 Å². The number of hydrogen-bond donors (Lipinski definition) is 3. The smallest absolute Gasteiger partial charge is 0.257 e. The Morgan fingerprint density at radius 3 is 2.57 bits per heavy atom. The van der Waals surface area contributed by atoms with Crippen LogP contribution in [0.5, 0.6) is 0 Å². The number of aromatic amines is 1. The van der Waals surface area contributed by atoms with Gasteiger partial charge in [0.05, 0.1) is 21.9 Å². The number of carbonyl (C=O) groups is 1. The molecule has 1 aliphatic heterocycles. The summed E-state index contributed by atoms with van der Waals surface area (Å²) in [6, 6.07) is 18.3. The number of aromatic nitrogens is 4. The van der Waals surface area contributed by atoms with Gasteiger partial charge in [-0.2, -0.15) is 5.10 Å². The largest absolute Gasteiger partial charge is 0.375 e. The molecule has 190 valence electrons. The lowest BCUT2D eigenvalue weighted by Crippen LogP contribution is -2.61. The molecule has 5 rings (SSSR count). The molecule has 9 nitrogen and oxygen atoms in total. The zero-order valence-corrected chi connectivity index (χ0v) is 22.2. The average molecular weight is 536 g/mol. The summed E-state index contributed by atoms with van der Waals surface area (Å²) in [5, 5.41) is 14.3. The highest BCUT2D eigenvalue weighted by atomic mass is 35.5. The summed E-state index contributed by atoms with van der Waals surface area (Å²) in [5.74, 6) is 1.96. The van der Waals surface area contributed by atoms with Gasteiger partial charge in [-0.1, -0.05) is 23.7 Å². The third-order valence-corrected chi connectivity index (χ3v) is 7.17. The molecule has 0 saturated carbocycles. The van der Waals surface area contributed by atoms with E-state index in [2.05, 4.69) is 32.7 Å². The molecule has 0 unspecified atom stereocenters. The molecule has 2 aromatic carbocycles. The molecule has 37 heavy (non-hydrogen) atoms. The standard InChI is InChI=1S/C26H26ClN7O2S/c1-16-12-22(33-32-16)29-21-13-23(34-14-26(2,15-34)36-3)31-25(30-21)37-18-10-8-17(9-11-18)28-24(35)19-6-4-5-7-20(19)27/h4-13H,14-15H2,1-3H3,(H,28,35)(H2,29,30,31,32,33). The highest BCUT2D eigenvalue weighted by Gasteiger charge is 2.39. The van der Waals surface area contributed by atoms with Crippen molar-refractivity contribution in [2.45, 2.75) is 29.5 Å². The molecule has 0 aliphatic carbocycles. The van der Waals surface area contributed by atoms with E-state index in [1.807, 2.05) is 43.3 Å². The number of H-pyrrole nitrogens is 1. The third-order valence-electron chi connectivity index (χ3n) is 5.97. The predicted octanol–water partition coefficient (Wildman–Crippen LogP) is 5.53. The molecule has 0 radical (unpaired) electrons. The molecule has 3 heterocycles. The Morgan fingerprint density at radius 1 is 1.14 bits per heavy atom. The topological polar surface area (TPSA) is 108 Å². The van der Waals surface area contributed by atoms with Gasteiger partial charge >= 0.3 is 0 Å². The van der Waals surface area contributed by atoms with Crippen LogP contribution in [0.1, 0.15) is 23.0 Å². The number of nitrogens with zero attached hydrogens (tertiary/aromatic N) is 4. The van der Waals surface area contributed by atoms with E-state index in [4.69, 9.17) is 26.3 Å². The molecule has 0 spiro atoms. The molecular weight excluding hydrogens is 510 g/mol. The van der Waals surface area contributed by atoms with Crippen molar-refractivity contribution in [1.82, 2.24) is 20.2 Å². The Kier molecular flexibility index (Phi) is 7.05. The number of ether oxygens (including phenoxy) is 1. The van der Waals surface area contributed by atoms with E-state index in [9.17, 15) is 4.79 Å². The molecule has 1 aliphatic rings. The minimum Gasteiger partial charge on any atom is -0.375 e. The number of amides is 1. The number of aryl methyl sites for hydroxylation is 1. The Balaban J connectivity index is 1.33. The van der Waals surface area contributed by atoms with Gasteiger partial charge in [0.2, 0.25) is 0 Å². The second kappa shape index (κ2) is 10.4. The Hall–Kier alpha value is -3.60. The number of methoxy groups -OCH3 is 1. The first-order valence-corrected chi connectivity index (χ1v) is 12.8. The van der Waals surface area contributed by atoms with Gasteiger partial charge in [-0.15, -0.1) is 0 Å². The minimum absolute atomic E-state index is 0.184. The first-order chi connectivity index (χ1) is 17.8. The molecule has 0 atom stereocenters. The van der Waals surface area contributed by atoms with Gasteiger partial charge in [-0.25, -0.2) is 9.97 Å². The molecule has 11 heteroatoms. The van der Waals surface area contributed by atoms with Crippen LogP contribution >= 0.6 is 23.4 Å². The zero-order valence-electron chi connectivity index (χ0n) is 20.6. The fourth-order valence-corrected chi connectivity index (χ4v) is 4.90. The van der Waals surface area contributed by atoms with Crippen LogP contribution in [0, 0.1) is 6.92 Å². The van der Waals surface area contributed by atoms with Gasteiger partial charge in [-0.3, -0.25) is 9.89 Å². The fourth-order valence-electron chi connectivity index (χ4n) is 3.92. The van der Waals surface area contributed by atoms with Gasteiger partial charge < -0.3 is 20.3 Å². The van der Waals surface area contributed by atoms with Crippen LogP contribution in [-0.4, -0.2) is 51.9 Å². The fraction of sp³-hybridized carbons (Fsp3) is 0.231. The lowest BCUT2D eigenvalue weighted by molar-refractivity contribution is -0.0172. The molecule has 1 saturated heterocycles.